The zero-order valence-electron chi connectivity index (χ0n) is 12.6. The number of hydrogen-bond acceptors (Lipinski definition) is 5. The lowest BCUT2D eigenvalue weighted by Crippen LogP contribution is -2.41. The highest BCUT2D eigenvalue weighted by Gasteiger charge is 2.34. The Labute approximate surface area is 130 Å². The fourth-order valence-corrected chi connectivity index (χ4v) is 4.30. The summed E-state index contributed by atoms with van der Waals surface area (Å²) in [5.41, 5.74) is -0.445. The number of ether oxygens (including phenoxy) is 1. The zero-order chi connectivity index (χ0) is 16.3. The van der Waals surface area contributed by atoms with Gasteiger partial charge < -0.3 is 9.84 Å². The highest BCUT2D eigenvalue weighted by atomic mass is 32.2. The Bertz CT molecular complexity index is 638. The van der Waals surface area contributed by atoms with Gasteiger partial charge in [0.05, 0.1) is 6.10 Å². The van der Waals surface area contributed by atoms with Gasteiger partial charge in [-0.1, -0.05) is 0 Å². The minimum absolute atomic E-state index is 0.154. The van der Waals surface area contributed by atoms with Crippen molar-refractivity contribution in [3.8, 4) is 0 Å². The molecule has 1 aromatic heterocycles. The van der Waals surface area contributed by atoms with Crippen molar-refractivity contribution in [1.82, 2.24) is 9.29 Å². The quantitative estimate of drug-likeness (QED) is 0.876. The fourth-order valence-electron chi connectivity index (χ4n) is 2.76. The lowest BCUT2D eigenvalue weighted by molar-refractivity contribution is 0.0553. The molecule has 0 aliphatic heterocycles. The molecule has 1 heterocycles. The summed E-state index contributed by atoms with van der Waals surface area (Å²) in [4.78, 5) is 14.6. The van der Waals surface area contributed by atoms with E-state index in [1.165, 1.54) is 29.7 Å². The van der Waals surface area contributed by atoms with Crippen LogP contribution in [0.2, 0.25) is 0 Å². The first-order valence-corrected chi connectivity index (χ1v) is 8.51. The van der Waals surface area contributed by atoms with E-state index in [2.05, 4.69) is 4.98 Å². The van der Waals surface area contributed by atoms with E-state index in [1.54, 1.807) is 7.11 Å². The SMILES string of the molecule is COC1CCC(N(C)S(=O)(=O)c2cccnc2C(=O)O)CC1. The summed E-state index contributed by atoms with van der Waals surface area (Å²) in [5.74, 6) is -1.35. The molecule has 0 amide bonds. The van der Waals surface area contributed by atoms with Crippen LogP contribution in [0.4, 0.5) is 0 Å². The Balaban J connectivity index is 2.25. The Morgan fingerprint density at radius 3 is 2.55 bits per heavy atom. The molecule has 0 radical (unpaired) electrons. The first kappa shape index (κ1) is 16.9. The Morgan fingerprint density at radius 1 is 1.36 bits per heavy atom. The average molecular weight is 328 g/mol. The van der Waals surface area contributed by atoms with Gasteiger partial charge in [0.2, 0.25) is 10.0 Å². The third-order valence-corrected chi connectivity index (χ3v) is 6.06. The van der Waals surface area contributed by atoms with Crippen LogP contribution in [0.3, 0.4) is 0 Å². The van der Waals surface area contributed by atoms with Crippen LogP contribution in [0, 0.1) is 0 Å². The number of carboxylic acids is 1. The molecule has 22 heavy (non-hydrogen) atoms. The van der Waals surface area contributed by atoms with E-state index in [1.807, 2.05) is 0 Å². The number of methoxy groups -OCH3 is 1. The number of aromatic nitrogens is 1. The van der Waals surface area contributed by atoms with E-state index >= 15 is 0 Å². The normalized spacial score (nSPS) is 22.7. The van der Waals surface area contributed by atoms with E-state index < -0.39 is 21.7 Å². The molecule has 0 unspecified atom stereocenters. The largest absolute Gasteiger partial charge is 0.476 e. The molecule has 1 aliphatic carbocycles. The topological polar surface area (TPSA) is 96.8 Å². The predicted molar refractivity (Wildman–Crippen MR) is 79.2 cm³/mol. The first-order chi connectivity index (χ1) is 10.4. The van der Waals surface area contributed by atoms with Crippen LogP contribution in [-0.2, 0) is 14.8 Å². The summed E-state index contributed by atoms with van der Waals surface area (Å²) in [6.45, 7) is 0. The molecule has 0 aromatic carbocycles. The molecule has 1 aliphatic rings. The van der Waals surface area contributed by atoms with Crippen molar-refractivity contribution >= 4 is 16.0 Å². The van der Waals surface area contributed by atoms with Crippen molar-refractivity contribution in [3.05, 3.63) is 24.0 Å². The molecule has 1 fully saturated rings. The molecule has 0 atom stereocenters. The number of rotatable bonds is 5. The van der Waals surface area contributed by atoms with Gasteiger partial charge in [0.25, 0.3) is 0 Å². The molecule has 1 N–H and O–H groups in total. The Morgan fingerprint density at radius 2 is 2.00 bits per heavy atom. The van der Waals surface area contributed by atoms with Gasteiger partial charge in [-0.25, -0.2) is 18.2 Å². The molecule has 122 valence electrons. The second-order valence-corrected chi connectivity index (χ2v) is 7.31. The monoisotopic (exact) mass is 328 g/mol. The summed E-state index contributed by atoms with van der Waals surface area (Å²) >= 11 is 0. The minimum Gasteiger partial charge on any atom is -0.476 e. The molecule has 0 bridgehead atoms. The number of carboxylic acid groups (broad SMARTS) is 1. The third-order valence-electron chi connectivity index (χ3n) is 4.12. The van der Waals surface area contributed by atoms with Crippen molar-refractivity contribution in [2.45, 2.75) is 42.7 Å². The maximum Gasteiger partial charge on any atom is 0.355 e. The van der Waals surface area contributed by atoms with Crippen LogP contribution in [0.5, 0.6) is 0 Å². The maximum atomic E-state index is 12.7. The predicted octanol–water partition coefficient (Wildman–Crippen LogP) is 1.36. The summed E-state index contributed by atoms with van der Waals surface area (Å²) in [5, 5.41) is 9.13. The second kappa shape index (κ2) is 6.72. The van der Waals surface area contributed by atoms with Crippen LogP contribution in [-0.4, -0.2) is 55.1 Å². The molecule has 1 aromatic rings. The van der Waals surface area contributed by atoms with Crippen molar-refractivity contribution in [2.75, 3.05) is 14.2 Å². The number of nitrogens with zero attached hydrogens (tertiary/aromatic N) is 2. The Hall–Kier alpha value is -1.51. The van der Waals surface area contributed by atoms with Crippen molar-refractivity contribution in [2.24, 2.45) is 0 Å². The highest BCUT2D eigenvalue weighted by molar-refractivity contribution is 7.89. The van der Waals surface area contributed by atoms with E-state index in [4.69, 9.17) is 9.84 Å². The minimum atomic E-state index is -3.89. The lowest BCUT2D eigenvalue weighted by atomic mass is 9.93. The standard InChI is InChI=1S/C14H20N2O5S/c1-16(10-5-7-11(21-2)8-6-10)22(19,20)12-4-3-9-15-13(12)14(17)18/h3-4,9-11H,5-8H2,1-2H3,(H,17,18). The van der Waals surface area contributed by atoms with Gasteiger partial charge in [0.1, 0.15) is 4.90 Å². The van der Waals surface area contributed by atoms with E-state index in [-0.39, 0.29) is 17.0 Å². The second-order valence-electron chi connectivity index (χ2n) is 5.34. The average Bonchev–Trinajstić information content (AvgIpc) is 2.54. The maximum absolute atomic E-state index is 12.7. The van der Waals surface area contributed by atoms with Gasteiger partial charge >= 0.3 is 5.97 Å². The molecular weight excluding hydrogens is 308 g/mol. The lowest BCUT2D eigenvalue weighted by Gasteiger charge is -2.33. The summed E-state index contributed by atoms with van der Waals surface area (Å²) in [6.07, 6.45) is 4.40. The molecular formula is C14H20N2O5S. The highest BCUT2D eigenvalue weighted by Crippen LogP contribution is 2.28. The molecule has 7 nitrogen and oxygen atoms in total. The van der Waals surface area contributed by atoms with Crippen molar-refractivity contribution in [3.63, 3.8) is 0 Å². The number of aromatic carboxylic acids is 1. The third kappa shape index (κ3) is 3.29. The van der Waals surface area contributed by atoms with Gasteiger partial charge in [-0.05, 0) is 37.8 Å². The van der Waals surface area contributed by atoms with Crippen LogP contribution >= 0.6 is 0 Å². The summed E-state index contributed by atoms with van der Waals surface area (Å²) in [7, 11) is -0.744. The van der Waals surface area contributed by atoms with Gasteiger partial charge in [-0.3, -0.25) is 0 Å². The van der Waals surface area contributed by atoms with Crippen LogP contribution in [0.1, 0.15) is 36.2 Å². The zero-order valence-corrected chi connectivity index (χ0v) is 13.4. The van der Waals surface area contributed by atoms with Crippen molar-refractivity contribution < 1.29 is 23.1 Å². The van der Waals surface area contributed by atoms with E-state index in [0.717, 1.165) is 12.8 Å². The Kier molecular flexibility index (Phi) is 5.15. The number of sulfonamides is 1. The molecule has 1 saturated carbocycles. The van der Waals surface area contributed by atoms with Gasteiger partial charge in [0.15, 0.2) is 5.69 Å². The van der Waals surface area contributed by atoms with E-state index in [0.29, 0.717) is 12.8 Å². The van der Waals surface area contributed by atoms with Crippen molar-refractivity contribution in [1.29, 1.82) is 0 Å². The molecule has 0 saturated heterocycles. The first-order valence-electron chi connectivity index (χ1n) is 7.07. The number of carbonyl (C=O) groups is 1. The van der Waals surface area contributed by atoms with Crippen LogP contribution in [0.25, 0.3) is 0 Å². The fraction of sp³-hybridized carbons (Fsp3) is 0.571. The van der Waals surface area contributed by atoms with E-state index in [9.17, 15) is 13.2 Å². The smallest absolute Gasteiger partial charge is 0.355 e. The van der Waals surface area contributed by atoms with Crippen LogP contribution in [0.15, 0.2) is 23.2 Å². The molecule has 8 heteroatoms. The molecule has 2 rings (SSSR count). The van der Waals surface area contributed by atoms with Gasteiger partial charge in [-0.15, -0.1) is 0 Å². The van der Waals surface area contributed by atoms with Gasteiger partial charge in [0, 0.05) is 26.4 Å². The number of pyridine rings is 1. The summed E-state index contributed by atoms with van der Waals surface area (Å²) < 4.78 is 31.9. The summed E-state index contributed by atoms with van der Waals surface area (Å²) in [6, 6.07) is 2.55. The van der Waals surface area contributed by atoms with Crippen LogP contribution < -0.4 is 0 Å². The van der Waals surface area contributed by atoms with Gasteiger partial charge in [-0.2, -0.15) is 4.31 Å². The molecule has 0 spiro atoms. The number of hydrogen-bond donors (Lipinski definition) is 1.